The van der Waals surface area contributed by atoms with Gasteiger partial charge in [0, 0.05) is 12.2 Å². The van der Waals surface area contributed by atoms with Gasteiger partial charge in [0.05, 0.1) is 12.8 Å². The summed E-state index contributed by atoms with van der Waals surface area (Å²) in [6.07, 6.45) is 0.732. The van der Waals surface area contributed by atoms with Crippen LogP contribution in [0.25, 0.3) is 0 Å². The van der Waals surface area contributed by atoms with Crippen LogP contribution in [0, 0.1) is 0 Å². The van der Waals surface area contributed by atoms with E-state index in [1.54, 1.807) is 0 Å². The molecular weight excluding hydrogens is 248 g/mol. The topological polar surface area (TPSA) is 105 Å². The van der Waals surface area contributed by atoms with Crippen molar-refractivity contribution in [1.82, 2.24) is 0 Å². The summed E-state index contributed by atoms with van der Waals surface area (Å²) < 4.78 is 0. The minimum Gasteiger partial charge on any atom is -0.247 e. The number of rotatable bonds is 5. The molecule has 8 nitrogen and oxygen atoms in total. The summed E-state index contributed by atoms with van der Waals surface area (Å²) in [4.78, 5) is 58.7. The molecule has 0 aliphatic heterocycles. The Morgan fingerprint density at radius 2 is 1.06 bits per heavy atom. The molecule has 98 valence electrons. The molecule has 0 radical (unpaired) electrons. The fourth-order valence-corrected chi connectivity index (χ4v) is 0.531. The fraction of sp³-hybridized carbons (Fsp3) is 0.200. The molecule has 18 heavy (non-hydrogen) atoms. The van der Waals surface area contributed by atoms with Crippen LogP contribution in [0.2, 0.25) is 0 Å². The zero-order valence-corrected chi connectivity index (χ0v) is 9.25. The first-order chi connectivity index (χ1) is 8.49. The van der Waals surface area contributed by atoms with E-state index in [1.807, 2.05) is 0 Å². The molecule has 0 aliphatic carbocycles. The molecular formula is C10H10O8. The summed E-state index contributed by atoms with van der Waals surface area (Å²) in [5, 5.41) is 0. The lowest BCUT2D eigenvalue weighted by Gasteiger charge is -2.01. The predicted octanol–water partition coefficient (Wildman–Crippen LogP) is 0.141. The van der Waals surface area contributed by atoms with Crippen LogP contribution in [0.4, 0.5) is 0 Å². The standard InChI is InChI=1S/C10H10O8/c1-3-7(11)15-17-9(13)5-6-10(14)18-16-8(12)4-2/h3-4H,1-2,5-6H2. The maximum atomic E-state index is 10.9. The molecule has 0 saturated carbocycles. The lowest BCUT2D eigenvalue weighted by atomic mass is 10.3. The summed E-state index contributed by atoms with van der Waals surface area (Å²) in [5.41, 5.74) is 0. The van der Waals surface area contributed by atoms with Crippen LogP contribution in [0.15, 0.2) is 25.3 Å². The average Bonchev–Trinajstić information content (AvgIpc) is 2.39. The second-order valence-corrected chi connectivity index (χ2v) is 2.62. The Morgan fingerprint density at radius 3 is 1.33 bits per heavy atom. The van der Waals surface area contributed by atoms with Crippen molar-refractivity contribution in [2.75, 3.05) is 0 Å². The first-order valence-corrected chi connectivity index (χ1v) is 4.57. The van der Waals surface area contributed by atoms with E-state index in [-0.39, 0.29) is 0 Å². The second-order valence-electron chi connectivity index (χ2n) is 2.62. The van der Waals surface area contributed by atoms with E-state index in [9.17, 15) is 19.2 Å². The molecule has 0 N–H and O–H groups in total. The minimum atomic E-state index is -0.975. The van der Waals surface area contributed by atoms with Crippen LogP contribution in [-0.2, 0) is 38.7 Å². The molecule has 0 saturated heterocycles. The van der Waals surface area contributed by atoms with E-state index in [4.69, 9.17) is 0 Å². The third kappa shape index (κ3) is 7.63. The summed E-state index contributed by atoms with van der Waals surface area (Å²) in [7, 11) is 0. The van der Waals surface area contributed by atoms with Crippen LogP contribution in [0.1, 0.15) is 12.8 Å². The third-order valence-corrected chi connectivity index (χ3v) is 1.30. The Hall–Kier alpha value is -2.64. The summed E-state index contributed by atoms with van der Waals surface area (Å²) in [6, 6.07) is 0. The first kappa shape index (κ1) is 15.4. The number of hydrogen-bond acceptors (Lipinski definition) is 8. The molecule has 0 heterocycles. The van der Waals surface area contributed by atoms with Crippen LogP contribution in [-0.4, -0.2) is 23.9 Å². The minimum absolute atomic E-state index is 0.422. The lowest BCUT2D eigenvalue weighted by Crippen LogP contribution is -2.13. The van der Waals surface area contributed by atoms with E-state index < -0.39 is 36.7 Å². The van der Waals surface area contributed by atoms with Gasteiger partial charge in [0.2, 0.25) is 0 Å². The normalized spacial score (nSPS) is 8.67. The highest BCUT2D eigenvalue weighted by Crippen LogP contribution is 1.98. The van der Waals surface area contributed by atoms with Gasteiger partial charge in [0.1, 0.15) is 0 Å². The van der Waals surface area contributed by atoms with Crippen LogP contribution < -0.4 is 0 Å². The maximum absolute atomic E-state index is 10.9. The van der Waals surface area contributed by atoms with Gasteiger partial charge in [-0.2, -0.15) is 0 Å². The number of hydrogen-bond donors (Lipinski definition) is 0. The Balaban J connectivity index is 3.74. The monoisotopic (exact) mass is 258 g/mol. The van der Waals surface area contributed by atoms with Crippen molar-refractivity contribution in [3.8, 4) is 0 Å². The van der Waals surface area contributed by atoms with E-state index in [0.29, 0.717) is 0 Å². The third-order valence-electron chi connectivity index (χ3n) is 1.30. The zero-order chi connectivity index (χ0) is 14.0. The van der Waals surface area contributed by atoms with Crippen molar-refractivity contribution in [2.24, 2.45) is 0 Å². The molecule has 0 bridgehead atoms. The van der Waals surface area contributed by atoms with Gasteiger partial charge in [-0.05, 0) is 0 Å². The summed E-state index contributed by atoms with van der Waals surface area (Å²) in [6.45, 7) is 6.13. The van der Waals surface area contributed by atoms with Gasteiger partial charge >= 0.3 is 23.9 Å². The quantitative estimate of drug-likeness (QED) is 0.389. The average molecular weight is 258 g/mol. The Bertz CT molecular complexity index is 334. The molecule has 0 aliphatic rings. The number of carbonyl (C=O) groups excluding carboxylic acids is 4. The SMILES string of the molecule is C=CC(=O)OOC(=O)CCC(=O)OOC(=O)C=C. The fourth-order valence-electron chi connectivity index (χ4n) is 0.531. The summed E-state index contributed by atoms with van der Waals surface area (Å²) in [5.74, 6) is -3.86. The molecule has 0 rings (SSSR count). The van der Waals surface area contributed by atoms with Gasteiger partial charge in [0.25, 0.3) is 0 Å². The first-order valence-electron chi connectivity index (χ1n) is 4.57. The molecule has 0 unspecified atom stereocenters. The second kappa shape index (κ2) is 8.50. The molecule has 0 atom stereocenters. The molecule has 0 fully saturated rings. The number of carbonyl (C=O) groups is 4. The van der Waals surface area contributed by atoms with Gasteiger partial charge in [0.15, 0.2) is 0 Å². The Morgan fingerprint density at radius 1 is 0.722 bits per heavy atom. The molecule has 8 heteroatoms. The maximum Gasteiger partial charge on any atom is 0.378 e. The van der Waals surface area contributed by atoms with Crippen molar-refractivity contribution in [1.29, 1.82) is 0 Å². The van der Waals surface area contributed by atoms with E-state index >= 15 is 0 Å². The van der Waals surface area contributed by atoms with Gasteiger partial charge in [-0.1, -0.05) is 13.2 Å². The van der Waals surface area contributed by atoms with Crippen molar-refractivity contribution in [3.05, 3.63) is 25.3 Å². The summed E-state index contributed by atoms with van der Waals surface area (Å²) >= 11 is 0. The highest BCUT2D eigenvalue weighted by molar-refractivity contribution is 5.83. The predicted molar refractivity (Wildman–Crippen MR) is 54.0 cm³/mol. The Kier molecular flexibility index (Phi) is 7.26. The zero-order valence-electron chi connectivity index (χ0n) is 9.25. The highest BCUT2D eigenvalue weighted by Gasteiger charge is 2.13. The van der Waals surface area contributed by atoms with E-state index in [2.05, 4.69) is 32.7 Å². The van der Waals surface area contributed by atoms with Gasteiger partial charge in [-0.3, -0.25) is 0 Å². The molecule has 0 spiro atoms. The van der Waals surface area contributed by atoms with Gasteiger partial charge in [-0.15, -0.1) is 0 Å². The highest BCUT2D eigenvalue weighted by atomic mass is 17.2. The van der Waals surface area contributed by atoms with Crippen molar-refractivity contribution < 1.29 is 38.7 Å². The Labute approximate surface area is 102 Å². The van der Waals surface area contributed by atoms with Crippen LogP contribution in [0.3, 0.4) is 0 Å². The van der Waals surface area contributed by atoms with Crippen molar-refractivity contribution in [2.45, 2.75) is 12.8 Å². The van der Waals surface area contributed by atoms with Crippen LogP contribution in [0.5, 0.6) is 0 Å². The van der Waals surface area contributed by atoms with E-state index in [0.717, 1.165) is 12.2 Å². The van der Waals surface area contributed by atoms with E-state index in [1.165, 1.54) is 0 Å². The molecule has 0 aromatic rings. The lowest BCUT2D eigenvalue weighted by molar-refractivity contribution is -0.259. The van der Waals surface area contributed by atoms with Crippen molar-refractivity contribution in [3.63, 3.8) is 0 Å². The van der Waals surface area contributed by atoms with Crippen LogP contribution >= 0.6 is 0 Å². The largest absolute Gasteiger partial charge is 0.378 e. The molecule has 0 amide bonds. The van der Waals surface area contributed by atoms with Crippen molar-refractivity contribution >= 4 is 23.9 Å². The van der Waals surface area contributed by atoms with Gasteiger partial charge < -0.3 is 0 Å². The smallest absolute Gasteiger partial charge is 0.247 e. The molecule has 0 aromatic carbocycles. The molecule has 0 aromatic heterocycles. The van der Waals surface area contributed by atoms with Gasteiger partial charge in [-0.25, -0.2) is 38.7 Å².